The Morgan fingerprint density at radius 3 is 3.33 bits per heavy atom. The van der Waals surface area contributed by atoms with Crippen LogP contribution < -0.4 is 0 Å². The largest absolute Gasteiger partial charge is 0.290 e. The van der Waals surface area contributed by atoms with Crippen molar-refractivity contribution in [3.8, 4) is 0 Å². The molecule has 0 amide bonds. The van der Waals surface area contributed by atoms with Gasteiger partial charge in [0.05, 0.1) is 11.9 Å². The maximum absolute atomic E-state index is 9.70. The molecule has 1 rings (SSSR count). The van der Waals surface area contributed by atoms with Crippen molar-refractivity contribution in [2.24, 2.45) is 0 Å². The van der Waals surface area contributed by atoms with Crippen molar-refractivity contribution in [2.45, 2.75) is 5.03 Å². The van der Waals surface area contributed by atoms with Gasteiger partial charge in [-0.3, -0.25) is 9.89 Å². The van der Waals surface area contributed by atoms with Crippen molar-refractivity contribution < 1.29 is 4.79 Å². The van der Waals surface area contributed by atoms with Crippen LogP contribution in [0.25, 0.3) is 0 Å². The van der Waals surface area contributed by atoms with E-state index in [2.05, 4.69) is 15.4 Å². The zero-order valence-corrected chi connectivity index (χ0v) is 5.31. The van der Waals surface area contributed by atoms with Crippen molar-refractivity contribution >= 4 is 18.0 Å². The molecular weight excluding hydrogens is 138 g/mol. The fourth-order valence-electron chi connectivity index (χ4n) is 0.365. The van der Waals surface area contributed by atoms with Crippen LogP contribution >= 0.6 is 11.8 Å². The fraction of sp³-hybridized carbons (Fsp3) is 0.250. The highest BCUT2D eigenvalue weighted by molar-refractivity contribution is 7.99. The van der Waals surface area contributed by atoms with Crippen LogP contribution in [0, 0.1) is 0 Å². The van der Waals surface area contributed by atoms with E-state index in [1.807, 2.05) is 0 Å². The Kier molecular flexibility index (Phi) is 2.26. The minimum absolute atomic E-state index is 0.312. The van der Waals surface area contributed by atoms with Crippen LogP contribution in [0.3, 0.4) is 0 Å². The van der Waals surface area contributed by atoms with Crippen LogP contribution in [0.15, 0.2) is 11.2 Å². The summed E-state index contributed by atoms with van der Waals surface area (Å²) in [6, 6.07) is 0. The summed E-state index contributed by atoms with van der Waals surface area (Å²) < 4.78 is 0. The number of thioether (sulfide) groups is 1. The molecule has 0 saturated carbocycles. The standard InChI is InChI=1S/C4H4N3OS/c8-1-2-9-4-3-5-7-6-4/h3H,2H2,(H,5,6,7). The van der Waals surface area contributed by atoms with Crippen LogP contribution in [-0.2, 0) is 4.79 Å². The summed E-state index contributed by atoms with van der Waals surface area (Å²) in [6.45, 7) is 0. The van der Waals surface area contributed by atoms with Crippen LogP contribution in [0.2, 0.25) is 0 Å². The number of nitrogens with zero attached hydrogens (tertiary/aromatic N) is 2. The van der Waals surface area contributed by atoms with E-state index < -0.39 is 0 Å². The molecule has 0 atom stereocenters. The summed E-state index contributed by atoms with van der Waals surface area (Å²) in [4.78, 5) is 9.70. The first-order chi connectivity index (χ1) is 4.43. The SMILES string of the molecule is O=[C]CSc1c[nH]nn1. The average molecular weight is 142 g/mol. The molecule has 1 N–H and O–H groups in total. The molecule has 1 heterocycles. The number of nitrogens with one attached hydrogen (secondary N) is 1. The van der Waals surface area contributed by atoms with E-state index in [1.54, 1.807) is 12.5 Å². The van der Waals surface area contributed by atoms with Crippen LogP contribution in [-0.4, -0.2) is 27.4 Å². The minimum atomic E-state index is 0.312. The zero-order valence-electron chi connectivity index (χ0n) is 4.50. The van der Waals surface area contributed by atoms with Crippen molar-refractivity contribution in [1.82, 2.24) is 15.4 Å². The second-order valence-electron chi connectivity index (χ2n) is 1.24. The normalized spacial score (nSPS) is 9.33. The number of aromatic amines is 1. The maximum Gasteiger partial charge on any atom is 0.209 e. The monoisotopic (exact) mass is 142 g/mol. The van der Waals surface area contributed by atoms with Crippen LogP contribution in [0.4, 0.5) is 0 Å². The Balaban J connectivity index is 2.38. The highest BCUT2D eigenvalue weighted by Gasteiger charge is 1.93. The average Bonchev–Trinajstić information content (AvgIpc) is 2.34. The van der Waals surface area contributed by atoms with E-state index in [0.29, 0.717) is 5.75 Å². The number of hydrogen-bond acceptors (Lipinski definition) is 4. The van der Waals surface area contributed by atoms with Crippen LogP contribution in [0.1, 0.15) is 0 Å². The fourth-order valence-corrected chi connectivity index (χ4v) is 0.806. The Bertz CT molecular complexity index is 174. The lowest BCUT2D eigenvalue weighted by atomic mass is 10.9. The van der Waals surface area contributed by atoms with Crippen molar-refractivity contribution in [3.05, 3.63) is 6.20 Å². The number of carbonyl (C=O) groups excluding carboxylic acids is 1. The lowest BCUT2D eigenvalue weighted by molar-refractivity contribution is 0.560. The number of hydrogen-bond donors (Lipinski definition) is 1. The third-order valence-corrected chi connectivity index (χ3v) is 1.43. The quantitative estimate of drug-likeness (QED) is 0.604. The molecule has 5 heteroatoms. The van der Waals surface area contributed by atoms with Gasteiger partial charge in [0.15, 0.2) is 0 Å². The van der Waals surface area contributed by atoms with Gasteiger partial charge in [0.1, 0.15) is 5.03 Å². The Labute approximate surface area is 56.0 Å². The second kappa shape index (κ2) is 3.24. The van der Waals surface area contributed by atoms with E-state index in [-0.39, 0.29) is 0 Å². The van der Waals surface area contributed by atoms with Crippen molar-refractivity contribution in [2.75, 3.05) is 5.75 Å². The first-order valence-corrected chi connectivity index (χ1v) is 3.26. The number of rotatable bonds is 3. The molecule has 0 bridgehead atoms. The Morgan fingerprint density at radius 1 is 1.89 bits per heavy atom. The summed E-state index contributed by atoms with van der Waals surface area (Å²) in [5.74, 6) is 0.312. The molecule has 4 nitrogen and oxygen atoms in total. The van der Waals surface area contributed by atoms with E-state index in [1.165, 1.54) is 11.8 Å². The smallest absolute Gasteiger partial charge is 0.209 e. The molecule has 0 aliphatic rings. The molecule has 0 spiro atoms. The van der Waals surface area contributed by atoms with Gasteiger partial charge < -0.3 is 0 Å². The molecule has 0 unspecified atom stereocenters. The summed E-state index contributed by atoms with van der Waals surface area (Å²) in [5, 5.41) is 10.3. The topological polar surface area (TPSA) is 58.6 Å². The predicted octanol–water partition coefficient (Wildman–Crippen LogP) is 0.00650. The van der Waals surface area contributed by atoms with Crippen LogP contribution in [0.5, 0.6) is 0 Å². The first-order valence-electron chi connectivity index (χ1n) is 2.28. The summed E-state index contributed by atoms with van der Waals surface area (Å²) in [5.41, 5.74) is 0. The van der Waals surface area contributed by atoms with Gasteiger partial charge in [-0.05, 0) is 0 Å². The Hall–Kier alpha value is -0.840. The Morgan fingerprint density at radius 2 is 2.78 bits per heavy atom. The van der Waals surface area contributed by atoms with E-state index in [4.69, 9.17) is 0 Å². The molecule has 0 aliphatic carbocycles. The van der Waals surface area contributed by atoms with Gasteiger partial charge in [-0.2, -0.15) is 0 Å². The van der Waals surface area contributed by atoms with E-state index in [9.17, 15) is 4.79 Å². The van der Waals surface area contributed by atoms with Gasteiger partial charge >= 0.3 is 0 Å². The minimum Gasteiger partial charge on any atom is -0.290 e. The van der Waals surface area contributed by atoms with Gasteiger partial charge in [0.2, 0.25) is 6.29 Å². The molecule has 1 radical (unpaired) electrons. The van der Waals surface area contributed by atoms with Gasteiger partial charge in [-0.25, -0.2) is 0 Å². The van der Waals surface area contributed by atoms with Crippen molar-refractivity contribution in [3.63, 3.8) is 0 Å². The molecular formula is C4H4N3OS. The van der Waals surface area contributed by atoms with Gasteiger partial charge in [0.25, 0.3) is 0 Å². The lowest BCUT2D eigenvalue weighted by Crippen LogP contribution is -1.77. The van der Waals surface area contributed by atoms with Gasteiger partial charge in [0, 0.05) is 0 Å². The third kappa shape index (κ3) is 1.85. The summed E-state index contributed by atoms with van der Waals surface area (Å²) >= 11 is 1.30. The second-order valence-corrected chi connectivity index (χ2v) is 2.24. The van der Waals surface area contributed by atoms with E-state index >= 15 is 0 Å². The first kappa shape index (κ1) is 6.28. The van der Waals surface area contributed by atoms with Gasteiger partial charge in [-0.15, -0.1) is 5.10 Å². The van der Waals surface area contributed by atoms with E-state index in [0.717, 1.165) is 5.03 Å². The zero-order chi connectivity index (χ0) is 6.53. The van der Waals surface area contributed by atoms with Crippen molar-refractivity contribution in [1.29, 1.82) is 0 Å². The maximum atomic E-state index is 9.70. The molecule has 0 aromatic carbocycles. The number of aromatic nitrogens is 3. The molecule has 9 heavy (non-hydrogen) atoms. The molecule has 0 saturated heterocycles. The lowest BCUT2D eigenvalue weighted by Gasteiger charge is -1.81. The molecule has 0 fully saturated rings. The molecule has 0 aliphatic heterocycles. The summed E-state index contributed by atoms with van der Waals surface area (Å²) in [7, 11) is 0. The predicted molar refractivity (Wildman–Crippen MR) is 32.8 cm³/mol. The summed E-state index contributed by atoms with van der Waals surface area (Å²) in [6.07, 6.45) is 3.36. The van der Waals surface area contributed by atoms with Gasteiger partial charge in [-0.1, -0.05) is 17.0 Å². The highest BCUT2D eigenvalue weighted by Crippen LogP contribution is 2.09. The molecule has 47 valence electrons. The molecule has 1 aromatic rings. The number of H-pyrrole nitrogens is 1. The molecule has 1 aromatic heterocycles. The third-order valence-electron chi connectivity index (χ3n) is 0.673. The highest BCUT2D eigenvalue weighted by atomic mass is 32.2.